The average molecular weight is 179 g/mol. The lowest BCUT2D eigenvalue weighted by Crippen LogP contribution is -2.17. The molecule has 1 N–H and O–H groups in total. The molecule has 0 spiro atoms. The van der Waals surface area contributed by atoms with E-state index in [2.05, 4.69) is 35.0 Å². The highest BCUT2D eigenvalue weighted by Gasteiger charge is 2.14. The number of hydrogen-bond donors (Lipinski definition) is 1. The fourth-order valence-electron chi connectivity index (χ4n) is 1.64. The maximum Gasteiger partial charge on any atom is 0.124 e. The van der Waals surface area contributed by atoms with Crippen LogP contribution in [0.15, 0.2) is 6.07 Å². The molecule has 3 nitrogen and oxygen atoms in total. The maximum absolute atomic E-state index is 4.58. The second kappa shape index (κ2) is 3.40. The van der Waals surface area contributed by atoms with Gasteiger partial charge in [0.05, 0.1) is 5.69 Å². The Kier molecular flexibility index (Phi) is 2.25. The smallest absolute Gasteiger partial charge is 0.124 e. The van der Waals surface area contributed by atoms with Gasteiger partial charge in [0.2, 0.25) is 0 Å². The van der Waals surface area contributed by atoms with Crippen molar-refractivity contribution in [1.82, 2.24) is 9.78 Å². The summed E-state index contributed by atoms with van der Waals surface area (Å²) in [4.78, 5) is 0. The molecule has 1 aliphatic heterocycles. The van der Waals surface area contributed by atoms with E-state index >= 15 is 0 Å². The SMILES string of the molecule is CCC(C)c1cc2n(n1)CCCN2. The van der Waals surface area contributed by atoms with Gasteiger partial charge in [0.25, 0.3) is 0 Å². The molecule has 0 saturated heterocycles. The summed E-state index contributed by atoms with van der Waals surface area (Å²) in [5, 5.41) is 7.94. The van der Waals surface area contributed by atoms with Crippen molar-refractivity contribution in [2.45, 2.75) is 39.2 Å². The number of nitrogens with one attached hydrogen (secondary N) is 1. The van der Waals surface area contributed by atoms with E-state index in [1.165, 1.54) is 17.9 Å². The number of aromatic nitrogens is 2. The van der Waals surface area contributed by atoms with Crippen LogP contribution in [-0.2, 0) is 6.54 Å². The van der Waals surface area contributed by atoms with E-state index in [4.69, 9.17) is 0 Å². The summed E-state index contributed by atoms with van der Waals surface area (Å²) < 4.78 is 2.09. The van der Waals surface area contributed by atoms with Crippen molar-refractivity contribution in [1.29, 1.82) is 0 Å². The predicted octanol–water partition coefficient (Wildman–Crippen LogP) is 2.21. The van der Waals surface area contributed by atoms with Gasteiger partial charge in [-0.3, -0.25) is 0 Å². The van der Waals surface area contributed by atoms with Gasteiger partial charge >= 0.3 is 0 Å². The minimum atomic E-state index is 0.583. The van der Waals surface area contributed by atoms with Gasteiger partial charge in [-0.1, -0.05) is 13.8 Å². The molecule has 0 saturated carbocycles. The van der Waals surface area contributed by atoms with E-state index < -0.39 is 0 Å². The third-order valence-corrected chi connectivity index (χ3v) is 2.77. The van der Waals surface area contributed by atoms with Crippen LogP contribution in [0.3, 0.4) is 0 Å². The number of rotatable bonds is 2. The summed E-state index contributed by atoms with van der Waals surface area (Å²) in [5.74, 6) is 1.78. The molecule has 0 amide bonds. The van der Waals surface area contributed by atoms with Crippen LogP contribution in [0.25, 0.3) is 0 Å². The predicted molar refractivity (Wildman–Crippen MR) is 54.0 cm³/mol. The van der Waals surface area contributed by atoms with E-state index in [0.29, 0.717) is 5.92 Å². The summed E-state index contributed by atoms with van der Waals surface area (Å²) >= 11 is 0. The van der Waals surface area contributed by atoms with Crippen LogP contribution in [0.2, 0.25) is 0 Å². The van der Waals surface area contributed by atoms with Crippen LogP contribution in [-0.4, -0.2) is 16.3 Å². The van der Waals surface area contributed by atoms with E-state index in [-0.39, 0.29) is 0 Å². The molecule has 1 atom stereocenters. The van der Waals surface area contributed by atoms with Crippen LogP contribution in [0.1, 0.15) is 38.3 Å². The summed E-state index contributed by atoms with van der Waals surface area (Å²) in [7, 11) is 0. The minimum Gasteiger partial charge on any atom is -0.370 e. The van der Waals surface area contributed by atoms with Gasteiger partial charge < -0.3 is 5.32 Å². The van der Waals surface area contributed by atoms with E-state index in [9.17, 15) is 0 Å². The van der Waals surface area contributed by atoms with Crippen LogP contribution >= 0.6 is 0 Å². The lowest BCUT2D eigenvalue weighted by atomic mass is 10.1. The highest BCUT2D eigenvalue weighted by atomic mass is 15.3. The van der Waals surface area contributed by atoms with Crippen LogP contribution in [0.5, 0.6) is 0 Å². The van der Waals surface area contributed by atoms with Crippen molar-refractivity contribution in [3.05, 3.63) is 11.8 Å². The number of aryl methyl sites for hydroxylation is 1. The molecule has 0 aromatic carbocycles. The molecule has 0 aliphatic carbocycles. The first-order valence-corrected chi connectivity index (χ1v) is 5.13. The first-order chi connectivity index (χ1) is 6.31. The highest BCUT2D eigenvalue weighted by Crippen LogP contribution is 2.22. The first-order valence-electron chi connectivity index (χ1n) is 5.13. The molecular formula is C10H17N3. The van der Waals surface area contributed by atoms with Gasteiger partial charge in [-0.05, 0) is 12.8 Å². The first kappa shape index (κ1) is 8.60. The number of hydrogen-bond acceptors (Lipinski definition) is 2. The molecule has 0 radical (unpaired) electrons. The summed E-state index contributed by atoms with van der Waals surface area (Å²) in [6.07, 6.45) is 2.35. The summed E-state index contributed by atoms with van der Waals surface area (Å²) in [6, 6.07) is 2.19. The van der Waals surface area contributed by atoms with E-state index in [1.807, 2.05) is 0 Å². The molecule has 13 heavy (non-hydrogen) atoms. The van der Waals surface area contributed by atoms with Gasteiger partial charge in [0, 0.05) is 25.1 Å². The van der Waals surface area contributed by atoms with Gasteiger partial charge in [0.15, 0.2) is 0 Å². The molecule has 72 valence electrons. The maximum atomic E-state index is 4.58. The zero-order chi connectivity index (χ0) is 9.26. The second-order valence-electron chi connectivity index (χ2n) is 3.77. The Labute approximate surface area is 79.1 Å². The third-order valence-electron chi connectivity index (χ3n) is 2.77. The molecule has 1 aromatic heterocycles. The van der Waals surface area contributed by atoms with E-state index in [1.54, 1.807) is 0 Å². The van der Waals surface area contributed by atoms with Crippen LogP contribution in [0, 0.1) is 0 Å². The van der Waals surface area contributed by atoms with Gasteiger partial charge in [0.1, 0.15) is 5.82 Å². The van der Waals surface area contributed by atoms with Crippen molar-refractivity contribution in [3.63, 3.8) is 0 Å². The molecule has 3 heteroatoms. The van der Waals surface area contributed by atoms with Crippen molar-refractivity contribution in [2.75, 3.05) is 11.9 Å². The largest absolute Gasteiger partial charge is 0.370 e. The lowest BCUT2D eigenvalue weighted by Gasteiger charge is -2.14. The quantitative estimate of drug-likeness (QED) is 0.754. The number of fused-ring (bicyclic) bond motifs is 1. The molecule has 1 aliphatic rings. The van der Waals surface area contributed by atoms with Crippen LogP contribution in [0.4, 0.5) is 5.82 Å². The number of anilines is 1. The van der Waals surface area contributed by atoms with Crippen LogP contribution < -0.4 is 5.32 Å². The molecule has 2 rings (SSSR count). The van der Waals surface area contributed by atoms with Crippen molar-refractivity contribution in [2.24, 2.45) is 0 Å². The lowest BCUT2D eigenvalue weighted by molar-refractivity contribution is 0.552. The Balaban J connectivity index is 2.25. The number of nitrogens with zero attached hydrogens (tertiary/aromatic N) is 2. The topological polar surface area (TPSA) is 29.9 Å². The van der Waals surface area contributed by atoms with E-state index in [0.717, 1.165) is 19.5 Å². The Hall–Kier alpha value is -0.990. The fourth-order valence-corrected chi connectivity index (χ4v) is 1.64. The monoisotopic (exact) mass is 179 g/mol. The van der Waals surface area contributed by atoms with Crippen molar-refractivity contribution in [3.8, 4) is 0 Å². The van der Waals surface area contributed by atoms with Crippen molar-refractivity contribution >= 4 is 5.82 Å². The highest BCUT2D eigenvalue weighted by molar-refractivity contribution is 5.39. The molecule has 1 aromatic rings. The molecule has 2 heterocycles. The Bertz CT molecular complexity index is 267. The minimum absolute atomic E-state index is 0.583. The Morgan fingerprint density at radius 1 is 1.69 bits per heavy atom. The van der Waals surface area contributed by atoms with Gasteiger partial charge in [-0.25, -0.2) is 4.68 Å². The fraction of sp³-hybridized carbons (Fsp3) is 0.700. The molecular weight excluding hydrogens is 162 g/mol. The van der Waals surface area contributed by atoms with Gasteiger partial charge in [-0.15, -0.1) is 0 Å². The zero-order valence-electron chi connectivity index (χ0n) is 8.38. The Morgan fingerprint density at radius 2 is 2.54 bits per heavy atom. The summed E-state index contributed by atoms with van der Waals surface area (Å²) in [6.45, 7) is 6.59. The standard InChI is InChI=1S/C10H17N3/c1-3-8(2)9-7-10-11-5-4-6-13(10)12-9/h7-8,11H,3-6H2,1-2H3. The van der Waals surface area contributed by atoms with Crippen molar-refractivity contribution < 1.29 is 0 Å². The molecule has 0 fully saturated rings. The molecule has 1 unspecified atom stereocenters. The third kappa shape index (κ3) is 1.55. The zero-order valence-corrected chi connectivity index (χ0v) is 8.38. The summed E-state index contributed by atoms with van der Waals surface area (Å²) in [5.41, 5.74) is 1.23. The average Bonchev–Trinajstić information content (AvgIpc) is 2.59. The normalized spacial score (nSPS) is 17.7. The van der Waals surface area contributed by atoms with Gasteiger partial charge in [-0.2, -0.15) is 5.10 Å². The Morgan fingerprint density at radius 3 is 3.23 bits per heavy atom. The molecule has 0 bridgehead atoms. The second-order valence-corrected chi connectivity index (χ2v) is 3.77.